The van der Waals surface area contributed by atoms with E-state index >= 15 is 0 Å². The van der Waals surface area contributed by atoms with Gasteiger partial charge in [0.2, 0.25) is 15.9 Å². The predicted molar refractivity (Wildman–Crippen MR) is 85.8 cm³/mol. The fourth-order valence-electron chi connectivity index (χ4n) is 2.48. The number of amides is 1. The zero-order valence-corrected chi connectivity index (χ0v) is 13.7. The Morgan fingerprint density at radius 3 is 2.36 bits per heavy atom. The van der Waals surface area contributed by atoms with E-state index in [1.165, 1.54) is 4.31 Å². The van der Waals surface area contributed by atoms with Crippen molar-refractivity contribution in [1.82, 2.24) is 14.5 Å². The highest BCUT2D eigenvalue weighted by Crippen LogP contribution is 2.14. The van der Waals surface area contributed by atoms with Crippen LogP contribution in [0.25, 0.3) is 0 Å². The average molecular weight is 325 g/mol. The molecule has 122 valence electrons. The van der Waals surface area contributed by atoms with Crippen LogP contribution in [0.2, 0.25) is 0 Å². The number of benzene rings is 1. The molecule has 1 heterocycles. The van der Waals surface area contributed by atoms with E-state index in [0.717, 1.165) is 5.56 Å². The quantitative estimate of drug-likeness (QED) is 0.815. The van der Waals surface area contributed by atoms with Gasteiger partial charge in [0, 0.05) is 39.1 Å². The Bertz CT molecular complexity index is 581. The first-order chi connectivity index (χ1) is 10.5. The van der Waals surface area contributed by atoms with Crippen molar-refractivity contribution >= 4 is 15.9 Å². The van der Waals surface area contributed by atoms with Crippen molar-refractivity contribution in [2.45, 2.75) is 12.2 Å². The molecule has 2 rings (SSSR count). The van der Waals surface area contributed by atoms with Crippen LogP contribution in [0, 0.1) is 0 Å². The Balaban J connectivity index is 1.89. The topological polar surface area (TPSA) is 69.7 Å². The van der Waals surface area contributed by atoms with Gasteiger partial charge in [-0.1, -0.05) is 30.3 Å². The van der Waals surface area contributed by atoms with Gasteiger partial charge >= 0.3 is 0 Å². The summed E-state index contributed by atoms with van der Waals surface area (Å²) in [7, 11) is -1.51. The largest absolute Gasteiger partial charge is 0.340 e. The molecule has 1 N–H and O–H groups in total. The first-order valence-electron chi connectivity index (χ1n) is 7.47. The molecule has 0 radical (unpaired) electrons. The third kappa shape index (κ3) is 4.53. The number of nitrogens with one attached hydrogen (secondary N) is 1. The van der Waals surface area contributed by atoms with E-state index in [9.17, 15) is 13.2 Å². The minimum absolute atomic E-state index is 0.0154. The molecule has 1 aromatic rings. The zero-order chi connectivity index (χ0) is 16.0. The normalized spacial score (nSPS) is 16.7. The molecule has 6 nitrogen and oxygen atoms in total. The van der Waals surface area contributed by atoms with Gasteiger partial charge in [-0.15, -0.1) is 0 Å². The first-order valence-corrected chi connectivity index (χ1v) is 9.08. The fraction of sp³-hybridized carbons (Fsp3) is 0.533. The van der Waals surface area contributed by atoms with E-state index < -0.39 is 10.0 Å². The second-order valence-corrected chi connectivity index (χ2v) is 7.34. The highest BCUT2D eigenvalue weighted by molar-refractivity contribution is 7.88. The number of hydrogen-bond acceptors (Lipinski definition) is 4. The lowest BCUT2D eigenvalue weighted by molar-refractivity contribution is -0.132. The van der Waals surface area contributed by atoms with E-state index in [2.05, 4.69) is 5.32 Å². The molecule has 7 heteroatoms. The summed E-state index contributed by atoms with van der Waals surface area (Å²) in [5.41, 5.74) is 0.787. The van der Waals surface area contributed by atoms with Gasteiger partial charge in [0.05, 0.1) is 5.75 Å². The van der Waals surface area contributed by atoms with Crippen molar-refractivity contribution in [2.24, 2.45) is 0 Å². The Morgan fingerprint density at radius 2 is 1.77 bits per heavy atom. The van der Waals surface area contributed by atoms with Gasteiger partial charge in [0.1, 0.15) is 0 Å². The third-order valence-corrected chi connectivity index (χ3v) is 5.62. The van der Waals surface area contributed by atoms with Crippen LogP contribution in [0.5, 0.6) is 0 Å². The molecule has 1 aromatic carbocycles. The lowest BCUT2D eigenvalue weighted by Crippen LogP contribution is -2.51. The highest BCUT2D eigenvalue weighted by Gasteiger charge is 2.28. The molecule has 0 atom stereocenters. The van der Waals surface area contributed by atoms with Crippen molar-refractivity contribution in [3.63, 3.8) is 0 Å². The van der Waals surface area contributed by atoms with E-state index in [0.29, 0.717) is 39.1 Å². The number of hydrogen-bond donors (Lipinski definition) is 1. The van der Waals surface area contributed by atoms with E-state index in [1.807, 2.05) is 30.3 Å². The van der Waals surface area contributed by atoms with E-state index in [-0.39, 0.29) is 11.7 Å². The van der Waals surface area contributed by atoms with Gasteiger partial charge in [0.25, 0.3) is 0 Å². The number of piperazine rings is 1. The average Bonchev–Trinajstić information content (AvgIpc) is 2.53. The van der Waals surface area contributed by atoms with Crippen LogP contribution in [-0.4, -0.2) is 63.3 Å². The van der Waals surface area contributed by atoms with Gasteiger partial charge < -0.3 is 10.2 Å². The predicted octanol–water partition coefficient (Wildman–Crippen LogP) is 0.270. The van der Waals surface area contributed by atoms with Crippen LogP contribution in [-0.2, 0) is 20.6 Å². The Labute approximate surface area is 132 Å². The van der Waals surface area contributed by atoms with Gasteiger partial charge in [-0.2, -0.15) is 4.31 Å². The molecule has 22 heavy (non-hydrogen) atoms. The van der Waals surface area contributed by atoms with Gasteiger partial charge in [-0.05, 0) is 12.6 Å². The smallest absolute Gasteiger partial charge is 0.223 e. The van der Waals surface area contributed by atoms with Crippen LogP contribution in [0.3, 0.4) is 0 Å². The molecule has 1 aliphatic heterocycles. The molecule has 1 fully saturated rings. The molecular formula is C15H23N3O3S. The summed E-state index contributed by atoms with van der Waals surface area (Å²) in [5.74, 6) is 0.0936. The number of rotatable bonds is 6. The maximum absolute atomic E-state index is 12.4. The highest BCUT2D eigenvalue weighted by atomic mass is 32.2. The van der Waals surface area contributed by atoms with Crippen LogP contribution in [0.4, 0.5) is 0 Å². The van der Waals surface area contributed by atoms with Gasteiger partial charge in [-0.25, -0.2) is 8.42 Å². The van der Waals surface area contributed by atoms with E-state index in [1.54, 1.807) is 11.9 Å². The standard InChI is InChI=1S/C15H23N3O3S/c1-16-8-7-15(19)17-9-11-18(12-10-17)22(20,21)13-14-5-3-2-4-6-14/h2-6,16H,7-13H2,1H3. The molecule has 0 bridgehead atoms. The molecule has 0 aliphatic carbocycles. The van der Waals surface area contributed by atoms with Crippen LogP contribution < -0.4 is 5.32 Å². The summed E-state index contributed by atoms with van der Waals surface area (Å²) in [6.45, 7) is 2.33. The van der Waals surface area contributed by atoms with Crippen LogP contribution >= 0.6 is 0 Å². The molecule has 0 saturated carbocycles. The molecule has 0 spiro atoms. The summed E-state index contributed by atoms with van der Waals surface area (Å²) in [6, 6.07) is 9.17. The summed E-state index contributed by atoms with van der Waals surface area (Å²) >= 11 is 0. The molecule has 1 amide bonds. The van der Waals surface area contributed by atoms with Crippen LogP contribution in [0.15, 0.2) is 30.3 Å². The van der Waals surface area contributed by atoms with E-state index in [4.69, 9.17) is 0 Å². The summed E-state index contributed by atoms with van der Waals surface area (Å²) in [4.78, 5) is 13.7. The number of nitrogens with zero attached hydrogens (tertiary/aromatic N) is 2. The zero-order valence-electron chi connectivity index (χ0n) is 12.9. The maximum atomic E-state index is 12.4. The van der Waals surface area contributed by atoms with Crippen molar-refractivity contribution in [1.29, 1.82) is 0 Å². The maximum Gasteiger partial charge on any atom is 0.223 e. The minimum atomic E-state index is -3.32. The molecular weight excluding hydrogens is 302 g/mol. The number of sulfonamides is 1. The van der Waals surface area contributed by atoms with Crippen molar-refractivity contribution < 1.29 is 13.2 Å². The minimum Gasteiger partial charge on any atom is -0.340 e. The SMILES string of the molecule is CNCCC(=O)N1CCN(S(=O)(=O)Cc2ccccc2)CC1. The number of carbonyl (C=O) groups excluding carboxylic acids is 1. The second kappa shape index (κ2) is 7.71. The number of carbonyl (C=O) groups is 1. The monoisotopic (exact) mass is 325 g/mol. The van der Waals surface area contributed by atoms with Crippen molar-refractivity contribution in [3.8, 4) is 0 Å². The summed E-state index contributed by atoms with van der Waals surface area (Å²) in [5, 5.41) is 2.94. The molecule has 0 aromatic heterocycles. The van der Waals surface area contributed by atoms with Crippen LogP contribution in [0.1, 0.15) is 12.0 Å². The van der Waals surface area contributed by atoms with Gasteiger partial charge in [-0.3, -0.25) is 4.79 Å². The lowest BCUT2D eigenvalue weighted by atomic mass is 10.2. The Morgan fingerprint density at radius 1 is 1.14 bits per heavy atom. The fourth-order valence-corrected chi connectivity index (χ4v) is 4.00. The summed E-state index contributed by atoms with van der Waals surface area (Å²) in [6.07, 6.45) is 0.452. The molecule has 1 aliphatic rings. The lowest BCUT2D eigenvalue weighted by Gasteiger charge is -2.34. The third-order valence-electron chi connectivity index (χ3n) is 3.77. The van der Waals surface area contributed by atoms with Gasteiger partial charge in [0.15, 0.2) is 0 Å². The first kappa shape index (κ1) is 16.9. The second-order valence-electron chi connectivity index (χ2n) is 5.38. The Hall–Kier alpha value is -1.44. The molecule has 0 unspecified atom stereocenters. The molecule has 1 saturated heterocycles. The van der Waals surface area contributed by atoms with Crippen molar-refractivity contribution in [2.75, 3.05) is 39.8 Å². The summed E-state index contributed by atoms with van der Waals surface area (Å²) < 4.78 is 26.3. The Kier molecular flexibility index (Phi) is 5.93. The van der Waals surface area contributed by atoms with Crippen molar-refractivity contribution in [3.05, 3.63) is 35.9 Å².